The lowest BCUT2D eigenvalue weighted by atomic mass is 10.00. The number of hydrogen-bond donors (Lipinski definition) is 0. The predicted octanol–water partition coefficient (Wildman–Crippen LogP) is 22.9. The van der Waals surface area contributed by atoms with Crippen molar-refractivity contribution in [3.8, 4) is 114 Å². The Kier molecular flexibility index (Phi) is 18.7. The van der Waals surface area contributed by atoms with Crippen molar-refractivity contribution in [1.29, 1.82) is 0 Å². The topological polar surface area (TPSA) is 52.6 Å². The summed E-state index contributed by atoms with van der Waals surface area (Å²) < 4.78 is 26.6. The molecule has 11 aromatic rings. The van der Waals surface area contributed by atoms with Gasteiger partial charge in [-0.05, 0) is 182 Å². The molecule has 0 spiro atoms. The van der Waals surface area contributed by atoms with Gasteiger partial charge < -0.3 is 17.7 Å². The molecule has 0 atom stereocenters. The summed E-state index contributed by atoms with van der Waals surface area (Å²) in [5, 5.41) is 0. The average Bonchev–Trinajstić information content (AvgIpc) is 3.70. The highest BCUT2D eigenvalue weighted by atomic mass is 16.4. The Morgan fingerprint density at radius 1 is 0.279 bits per heavy atom. The van der Waals surface area contributed by atoms with Crippen LogP contribution in [0.15, 0.2) is 225 Å². The molecule has 0 aliphatic rings. The van der Waals surface area contributed by atoms with Crippen molar-refractivity contribution >= 4 is 12.2 Å². The summed E-state index contributed by atoms with van der Waals surface area (Å²) in [5.41, 5.74) is 19.2. The lowest BCUT2D eigenvalue weighted by molar-refractivity contribution is 0.591. The molecule has 0 fully saturated rings. The molecule has 0 radical (unpaired) electrons. The van der Waals surface area contributed by atoms with Crippen LogP contribution in [0.5, 0.6) is 0 Å². The Labute approximate surface area is 509 Å². The summed E-state index contributed by atoms with van der Waals surface area (Å²) in [6.07, 6.45) is 16.3. The van der Waals surface area contributed by atoms with Gasteiger partial charge in [0.25, 0.3) is 0 Å². The zero-order valence-electron chi connectivity index (χ0n) is 50.2. The molecule has 86 heavy (non-hydrogen) atoms. The molecule has 7 aromatic carbocycles. The van der Waals surface area contributed by atoms with Gasteiger partial charge in [0, 0.05) is 66.8 Å². The quantitative estimate of drug-likeness (QED) is 0.0635. The molecule has 4 aromatic heterocycles. The maximum absolute atomic E-state index is 6.77. The van der Waals surface area contributed by atoms with Crippen molar-refractivity contribution in [2.24, 2.45) is 0 Å². The van der Waals surface area contributed by atoms with Crippen LogP contribution in [-0.4, -0.2) is 0 Å². The second-order valence-corrected chi connectivity index (χ2v) is 22.3. The minimum atomic E-state index is 0.852. The van der Waals surface area contributed by atoms with Crippen LogP contribution in [-0.2, 0) is 25.7 Å². The monoisotopic (exact) mass is 1120 g/mol. The minimum Gasteiger partial charge on any atom is -0.456 e. The van der Waals surface area contributed by atoms with Gasteiger partial charge in [-0.25, -0.2) is 0 Å². The first kappa shape index (κ1) is 58.1. The number of benzene rings is 7. The van der Waals surface area contributed by atoms with E-state index in [4.69, 9.17) is 17.7 Å². The van der Waals surface area contributed by atoms with E-state index in [0.29, 0.717) is 0 Å². The van der Waals surface area contributed by atoms with Gasteiger partial charge in [-0.2, -0.15) is 0 Å². The van der Waals surface area contributed by atoms with E-state index < -0.39 is 0 Å². The molecule has 0 aliphatic heterocycles. The molecule has 0 unspecified atom stereocenters. The molecule has 4 nitrogen and oxygen atoms in total. The Bertz CT molecular complexity index is 3910. The fourth-order valence-electron chi connectivity index (χ4n) is 10.9. The van der Waals surface area contributed by atoms with Crippen molar-refractivity contribution in [2.45, 2.75) is 105 Å². The van der Waals surface area contributed by atoms with E-state index >= 15 is 0 Å². The molecule has 0 saturated heterocycles. The maximum atomic E-state index is 6.77. The fourth-order valence-corrected chi connectivity index (χ4v) is 10.9. The zero-order valence-corrected chi connectivity index (χ0v) is 50.2. The normalized spacial score (nSPS) is 11.0. The summed E-state index contributed by atoms with van der Waals surface area (Å²) in [4.78, 5) is 0. The lowest BCUT2D eigenvalue weighted by Gasteiger charge is -2.06. The Hall–Kier alpha value is -9.74. The molecule has 0 amide bonds. The van der Waals surface area contributed by atoms with Crippen molar-refractivity contribution in [2.75, 3.05) is 0 Å². The second-order valence-electron chi connectivity index (χ2n) is 22.3. The fraction of sp³-hybridized carbons (Fsp3) is 0.195. The van der Waals surface area contributed by atoms with Crippen molar-refractivity contribution in [3.05, 3.63) is 263 Å². The van der Waals surface area contributed by atoms with Crippen LogP contribution in [0.25, 0.3) is 103 Å². The van der Waals surface area contributed by atoms with Crippen molar-refractivity contribution in [1.82, 2.24) is 0 Å². The number of hydrogen-bond acceptors (Lipinski definition) is 4. The molecule has 0 N–H and O–H groups in total. The average molecular weight is 1120 g/mol. The third-order valence-electron chi connectivity index (χ3n) is 16.0. The summed E-state index contributed by atoms with van der Waals surface area (Å²) >= 11 is 0. The van der Waals surface area contributed by atoms with Gasteiger partial charge >= 0.3 is 0 Å². The van der Waals surface area contributed by atoms with Gasteiger partial charge in [0.15, 0.2) is 0 Å². The van der Waals surface area contributed by atoms with Gasteiger partial charge in [0.2, 0.25) is 0 Å². The highest BCUT2D eigenvalue weighted by molar-refractivity contribution is 5.76. The van der Waals surface area contributed by atoms with E-state index in [-0.39, 0.29) is 0 Å². The molecule has 4 heterocycles. The Morgan fingerprint density at radius 2 is 0.477 bits per heavy atom. The van der Waals surface area contributed by atoms with Crippen molar-refractivity contribution in [3.63, 3.8) is 0 Å². The standard InChI is InChI=1S/C82H74O4/c1-7-13-17-71-53-75(63-37-25-57(11-5)26-38-63)83-79(71)67-45-33-61(34-46-67)23-21-59-29-41-65(42-30-59)77-55-73(19-15-9-3)81(85-77)69-49-51-70(52-50-69)82-74(20-16-10-4)56-78(86-82)66-43-31-60(32-44-66)22-24-62-35-47-68(48-36-62)80-72(18-14-8-2)54-76(84-80)64-39-27-58(12-6)28-40-64/h11-12,25-56H,5-10,13-20H2,1-4H3. The Morgan fingerprint density at radius 3 is 0.686 bits per heavy atom. The molecule has 4 heteroatoms. The number of unbranched alkanes of at least 4 members (excludes halogenated alkanes) is 4. The first-order valence-electron chi connectivity index (χ1n) is 30.8. The van der Waals surface area contributed by atoms with Crippen molar-refractivity contribution < 1.29 is 17.7 Å². The first-order chi connectivity index (χ1) is 42.3. The lowest BCUT2D eigenvalue weighted by Crippen LogP contribution is -1.87. The zero-order chi connectivity index (χ0) is 59.2. The van der Waals surface area contributed by atoms with Crippen LogP contribution in [0.2, 0.25) is 0 Å². The van der Waals surface area contributed by atoms with Gasteiger partial charge in [-0.3, -0.25) is 0 Å². The first-order valence-corrected chi connectivity index (χ1v) is 30.8. The molecule has 11 rings (SSSR count). The van der Waals surface area contributed by atoms with Crippen LogP contribution in [0.1, 0.15) is 135 Å². The van der Waals surface area contributed by atoms with Crippen LogP contribution < -0.4 is 0 Å². The number of furan rings is 4. The van der Waals surface area contributed by atoms with E-state index in [9.17, 15) is 0 Å². The highest BCUT2D eigenvalue weighted by Gasteiger charge is 2.20. The predicted molar refractivity (Wildman–Crippen MR) is 358 cm³/mol. The van der Waals surface area contributed by atoms with E-state index in [0.717, 1.165) is 201 Å². The van der Waals surface area contributed by atoms with E-state index in [2.05, 4.69) is 259 Å². The highest BCUT2D eigenvalue weighted by Crippen LogP contribution is 2.40. The number of aryl methyl sites for hydroxylation is 4. The molecule has 0 bridgehead atoms. The molecular formula is C82H74O4. The molecular weight excluding hydrogens is 1050 g/mol. The largest absolute Gasteiger partial charge is 0.456 e. The molecule has 0 aliphatic carbocycles. The van der Waals surface area contributed by atoms with E-state index in [1.807, 2.05) is 12.2 Å². The number of rotatable bonds is 22. The summed E-state index contributed by atoms with van der Waals surface area (Å²) in [6.45, 7) is 16.7. The molecule has 426 valence electrons. The van der Waals surface area contributed by atoms with E-state index in [1.54, 1.807) is 0 Å². The molecule has 0 saturated carbocycles. The van der Waals surface area contributed by atoms with Gasteiger partial charge in [0.05, 0.1) is 0 Å². The summed E-state index contributed by atoms with van der Waals surface area (Å²) in [6, 6.07) is 67.8. The Balaban J connectivity index is 0.761. The van der Waals surface area contributed by atoms with Gasteiger partial charge in [-0.15, -0.1) is 0 Å². The van der Waals surface area contributed by atoms with Gasteiger partial charge in [-0.1, -0.05) is 199 Å². The SMILES string of the molecule is C=Cc1ccc(-c2cc(CCCC)c(-c3ccc(C#Cc4ccc(-c5cc(CCCC)c(-c6ccc(-c7oc(-c8ccc(C#Cc9ccc(-c%10oc(-c%11ccc(C=C)cc%11)cc%10CCCC)cc9)cc8)cc7CCCC)cc6)o5)cc4)cc3)o2)cc1. The second kappa shape index (κ2) is 27.8. The smallest absolute Gasteiger partial charge is 0.137 e. The summed E-state index contributed by atoms with van der Waals surface area (Å²) in [5.74, 6) is 20.7. The van der Waals surface area contributed by atoms with Gasteiger partial charge in [0.1, 0.15) is 46.1 Å². The van der Waals surface area contributed by atoms with Crippen LogP contribution in [0.4, 0.5) is 0 Å². The van der Waals surface area contributed by atoms with E-state index in [1.165, 1.54) is 22.3 Å². The van der Waals surface area contributed by atoms with Crippen LogP contribution >= 0.6 is 0 Å². The van der Waals surface area contributed by atoms with Crippen LogP contribution in [0, 0.1) is 23.7 Å². The summed E-state index contributed by atoms with van der Waals surface area (Å²) in [7, 11) is 0. The van der Waals surface area contributed by atoms with Crippen LogP contribution in [0.3, 0.4) is 0 Å². The maximum Gasteiger partial charge on any atom is 0.137 e. The third kappa shape index (κ3) is 13.7. The third-order valence-corrected chi connectivity index (χ3v) is 16.0. The minimum absolute atomic E-state index is 0.852.